The minimum atomic E-state index is -0.187. The van der Waals surface area contributed by atoms with E-state index in [1.807, 2.05) is 6.07 Å². The molecule has 2 N–H and O–H groups in total. The molecule has 1 fully saturated rings. The molecule has 0 aliphatic carbocycles. The first-order chi connectivity index (χ1) is 7.36. The van der Waals surface area contributed by atoms with E-state index in [0.717, 1.165) is 25.8 Å². The zero-order valence-corrected chi connectivity index (χ0v) is 9.02. The normalized spacial score (nSPS) is 22.9. The van der Waals surface area contributed by atoms with E-state index < -0.39 is 0 Å². The van der Waals surface area contributed by atoms with Crippen LogP contribution in [0.2, 0.25) is 0 Å². The third kappa shape index (κ3) is 3.05. The van der Waals surface area contributed by atoms with Crippen LogP contribution in [0.1, 0.15) is 24.8 Å². The number of aryl methyl sites for hydroxylation is 1. The van der Waals surface area contributed by atoms with Gasteiger partial charge in [-0.25, -0.2) is 0 Å². The van der Waals surface area contributed by atoms with Crippen molar-refractivity contribution in [3.8, 4) is 0 Å². The zero-order valence-electron chi connectivity index (χ0n) is 9.02. The van der Waals surface area contributed by atoms with Crippen LogP contribution in [0.3, 0.4) is 0 Å². The van der Waals surface area contributed by atoms with Crippen LogP contribution in [-0.4, -0.2) is 23.8 Å². The predicted octanol–water partition coefficient (Wildman–Crippen LogP) is 1.73. The summed E-state index contributed by atoms with van der Waals surface area (Å²) in [6, 6.07) is 10.7. The quantitative estimate of drug-likeness (QED) is 0.784. The molecule has 82 valence electrons. The highest BCUT2D eigenvalue weighted by Gasteiger charge is 2.21. The first kappa shape index (κ1) is 10.7. The van der Waals surface area contributed by atoms with Gasteiger partial charge < -0.3 is 10.4 Å². The van der Waals surface area contributed by atoms with E-state index in [1.54, 1.807) is 0 Å². The first-order valence-electron chi connectivity index (χ1n) is 5.81. The Bertz CT molecular complexity index is 280. The fraction of sp³-hybridized carbons (Fsp3) is 0.538. The Hall–Kier alpha value is -0.860. The molecule has 2 heteroatoms. The third-order valence-electron chi connectivity index (χ3n) is 3.13. The largest absolute Gasteiger partial charge is 0.391 e. The Morgan fingerprint density at radius 2 is 2.13 bits per heavy atom. The number of aliphatic hydroxyl groups excluding tert-OH is 1. The fourth-order valence-corrected chi connectivity index (χ4v) is 2.20. The highest BCUT2D eigenvalue weighted by atomic mass is 16.3. The minimum Gasteiger partial charge on any atom is -0.391 e. The van der Waals surface area contributed by atoms with Crippen molar-refractivity contribution >= 4 is 0 Å². The lowest BCUT2D eigenvalue weighted by atomic mass is 10.0. The van der Waals surface area contributed by atoms with Crippen molar-refractivity contribution in [2.45, 2.75) is 37.8 Å². The van der Waals surface area contributed by atoms with Crippen molar-refractivity contribution in [3.63, 3.8) is 0 Å². The van der Waals surface area contributed by atoms with E-state index in [1.165, 1.54) is 12.0 Å². The summed E-state index contributed by atoms with van der Waals surface area (Å²) in [5.74, 6) is 0. The molecule has 0 bridgehead atoms. The fourth-order valence-electron chi connectivity index (χ4n) is 2.20. The van der Waals surface area contributed by atoms with E-state index in [2.05, 4.69) is 29.6 Å². The summed E-state index contributed by atoms with van der Waals surface area (Å²) >= 11 is 0. The molecule has 0 aromatic heterocycles. The number of nitrogens with one attached hydrogen (secondary N) is 1. The van der Waals surface area contributed by atoms with Crippen LogP contribution in [0, 0.1) is 0 Å². The van der Waals surface area contributed by atoms with Crippen LogP contribution in [-0.2, 0) is 6.42 Å². The average molecular weight is 205 g/mol. The summed E-state index contributed by atoms with van der Waals surface area (Å²) in [7, 11) is 0. The third-order valence-corrected chi connectivity index (χ3v) is 3.13. The summed E-state index contributed by atoms with van der Waals surface area (Å²) in [5.41, 5.74) is 1.31. The van der Waals surface area contributed by atoms with Gasteiger partial charge in [-0.3, -0.25) is 0 Å². The van der Waals surface area contributed by atoms with Crippen molar-refractivity contribution in [2.75, 3.05) is 6.54 Å². The average Bonchev–Trinajstić information content (AvgIpc) is 2.81. The van der Waals surface area contributed by atoms with Crippen LogP contribution < -0.4 is 5.32 Å². The van der Waals surface area contributed by atoms with E-state index in [4.69, 9.17) is 0 Å². The van der Waals surface area contributed by atoms with E-state index in [9.17, 15) is 5.11 Å². The SMILES string of the molecule is O[C@H](CCc1ccccc1)[C@@H]1CCCN1. The van der Waals surface area contributed by atoms with Crippen LogP contribution in [0.25, 0.3) is 0 Å². The minimum absolute atomic E-state index is 0.187. The molecule has 15 heavy (non-hydrogen) atoms. The summed E-state index contributed by atoms with van der Waals surface area (Å²) < 4.78 is 0. The second-order valence-electron chi connectivity index (χ2n) is 4.29. The van der Waals surface area contributed by atoms with Gasteiger partial charge in [0, 0.05) is 6.04 Å². The Morgan fingerprint density at radius 3 is 2.80 bits per heavy atom. The van der Waals surface area contributed by atoms with Gasteiger partial charge in [-0.1, -0.05) is 30.3 Å². The molecule has 1 saturated heterocycles. The molecule has 0 radical (unpaired) electrons. The highest BCUT2D eigenvalue weighted by molar-refractivity contribution is 5.14. The Morgan fingerprint density at radius 1 is 1.33 bits per heavy atom. The maximum absolute atomic E-state index is 9.95. The Balaban J connectivity index is 1.77. The van der Waals surface area contributed by atoms with E-state index >= 15 is 0 Å². The van der Waals surface area contributed by atoms with Gasteiger partial charge in [0.05, 0.1) is 6.10 Å². The summed E-state index contributed by atoms with van der Waals surface area (Å²) in [6.45, 7) is 1.06. The lowest BCUT2D eigenvalue weighted by Crippen LogP contribution is -2.34. The summed E-state index contributed by atoms with van der Waals surface area (Å²) in [4.78, 5) is 0. The number of hydrogen-bond acceptors (Lipinski definition) is 2. The van der Waals surface area contributed by atoms with Gasteiger partial charge in [0.2, 0.25) is 0 Å². The van der Waals surface area contributed by atoms with E-state index in [0.29, 0.717) is 6.04 Å². The van der Waals surface area contributed by atoms with Crippen molar-refractivity contribution in [3.05, 3.63) is 35.9 Å². The molecule has 0 saturated carbocycles. The molecule has 1 aromatic carbocycles. The van der Waals surface area contributed by atoms with Gasteiger partial charge in [-0.05, 0) is 37.8 Å². The molecule has 1 aliphatic rings. The molecule has 1 heterocycles. The monoisotopic (exact) mass is 205 g/mol. The maximum atomic E-state index is 9.95. The smallest absolute Gasteiger partial charge is 0.0696 e. The van der Waals surface area contributed by atoms with Gasteiger partial charge in [0.1, 0.15) is 0 Å². The molecule has 1 aliphatic heterocycles. The Kier molecular flexibility index (Phi) is 3.75. The lowest BCUT2D eigenvalue weighted by molar-refractivity contribution is 0.127. The standard InChI is InChI=1S/C13H19NO/c15-13(12-7-4-10-14-12)9-8-11-5-2-1-3-6-11/h1-3,5-6,12-15H,4,7-10H2/t12-,13+/m0/s1. The number of benzene rings is 1. The zero-order chi connectivity index (χ0) is 10.5. The lowest BCUT2D eigenvalue weighted by Gasteiger charge is -2.17. The van der Waals surface area contributed by atoms with Gasteiger partial charge >= 0.3 is 0 Å². The molecule has 0 amide bonds. The van der Waals surface area contributed by atoms with Crippen LogP contribution in [0.4, 0.5) is 0 Å². The molecule has 2 rings (SSSR count). The second kappa shape index (κ2) is 5.29. The number of aliphatic hydroxyl groups is 1. The molecule has 0 spiro atoms. The van der Waals surface area contributed by atoms with Gasteiger partial charge in [-0.2, -0.15) is 0 Å². The van der Waals surface area contributed by atoms with Crippen molar-refractivity contribution in [2.24, 2.45) is 0 Å². The second-order valence-corrected chi connectivity index (χ2v) is 4.29. The molecule has 0 unspecified atom stereocenters. The predicted molar refractivity (Wildman–Crippen MR) is 61.8 cm³/mol. The summed E-state index contributed by atoms with van der Waals surface area (Å²) in [5, 5.41) is 13.3. The molecule has 1 aromatic rings. The molecule has 2 nitrogen and oxygen atoms in total. The number of hydrogen-bond donors (Lipinski definition) is 2. The van der Waals surface area contributed by atoms with E-state index in [-0.39, 0.29) is 6.10 Å². The van der Waals surface area contributed by atoms with Gasteiger partial charge in [0.15, 0.2) is 0 Å². The first-order valence-corrected chi connectivity index (χ1v) is 5.81. The molecular formula is C13H19NO. The van der Waals surface area contributed by atoms with Crippen molar-refractivity contribution < 1.29 is 5.11 Å². The molecular weight excluding hydrogens is 186 g/mol. The van der Waals surface area contributed by atoms with Gasteiger partial charge in [-0.15, -0.1) is 0 Å². The summed E-state index contributed by atoms with van der Waals surface area (Å²) in [6.07, 6.45) is 3.97. The topological polar surface area (TPSA) is 32.3 Å². The highest BCUT2D eigenvalue weighted by Crippen LogP contribution is 2.14. The number of rotatable bonds is 4. The molecule has 2 atom stereocenters. The maximum Gasteiger partial charge on any atom is 0.0696 e. The van der Waals surface area contributed by atoms with Crippen LogP contribution in [0.15, 0.2) is 30.3 Å². The van der Waals surface area contributed by atoms with Crippen LogP contribution in [0.5, 0.6) is 0 Å². The Labute approximate surface area is 91.3 Å². The van der Waals surface area contributed by atoms with Crippen molar-refractivity contribution in [1.29, 1.82) is 0 Å². The van der Waals surface area contributed by atoms with Crippen LogP contribution >= 0.6 is 0 Å². The van der Waals surface area contributed by atoms with Gasteiger partial charge in [0.25, 0.3) is 0 Å². The van der Waals surface area contributed by atoms with Crippen molar-refractivity contribution in [1.82, 2.24) is 5.32 Å².